The van der Waals surface area contributed by atoms with Crippen LogP contribution in [0.3, 0.4) is 0 Å². The molecule has 3 rings (SSSR count). The van der Waals surface area contributed by atoms with Gasteiger partial charge < -0.3 is 19.8 Å². The molecule has 0 aliphatic carbocycles. The van der Waals surface area contributed by atoms with Crippen molar-refractivity contribution < 1.29 is 9.66 Å². The Bertz CT molecular complexity index is 615. The molecular formula is C14H15N3O3S. The highest BCUT2D eigenvalue weighted by Crippen LogP contribution is 2.29. The molecule has 0 radical (unpaired) electrons. The van der Waals surface area contributed by atoms with Crippen molar-refractivity contribution in [2.45, 2.75) is 19.1 Å². The van der Waals surface area contributed by atoms with Crippen LogP contribution in [0.5, 0.6) is 0 Å². The number of hydrogen-bond acceptors (Lipinski definition) is 6. The van der Waals surface area contributed by atoms with Gasteiger partial charge in [-0.2, -0.15) is 11.3 Å². The summed E-state index contributed by atoms with van der Waals surface area (Å²) in [7, 11) is 0. The van der Waals surface area contributed by atoms with Crippen molar-refractivity contribution in [3.05, 3.63) is 50.8 Å². The van der Waals surface area contributed by atoms with E-state index in [0.29, 0.717) is 0 Å². The molecule has 0 bridgehead atoms. The maximum Gasteiger partial charge on any atom is 0.363 e. The number of aromatic nitrogens is 1. The molecule has 1 saturated heterocycles. The zero-order chi connectivity index (χ0) is 14.8. The highest BCUT2D eigenvalue weighted by Gasteiger charge is 2.27. The second kappa shape index (κ2) is 5.79. The van der Waals surface area contributed by atoms with E-state index in [1.165, 1.54) is 11.6 Å². The molecule has 7 heteroatoms. The summed E-state index contributed by atoms with van der Waals surface area (Å²) in [6, 6.07) is 5.25. The predicted molar refractivity (Wildman–Crippen MR) is 80.7 cm³/mol. The normalized spacial score (nSPS) is 22.2. The van der Waals surface area contributed by atoms with E-state index >= 15 is 0 Å². The van der Waals surface area contributed by atoms with Gasteiger partial charge in [-0.15, -0.1) is 0 Å². The summed E-state index contributed by atoms with van der Waals surface area (Å²) < 4.78 is 5.98. The van der Waals surface area contributed by atoms with Crippen molar-refractivity contribution >= 4 is 22.8 Å². The Balaban J connectivity index is 1.79. The van der Waals surface area contributed by atoms with E-state index in [1.807, 2.05) is 12.3 Å². The van der Waals surface area contributed by atoms with Gasteiger partial charge in [0.25, 0.3) is 0 Å². The standard InChI is InChI=1S/C14H15N3O3S/c1-10-7-16(8-13(20-10)11-4-5-21-9-11)12-2-3-14(15-6-12)17(18)19/h2-6,9-10,13H,7-8H2,1H3/t10-,13+/m1/s1. The first-order chi connectivity index (χ1) is 10.1. The summed E-state index contributed by atoms with van der Waals surface area (Å²) in [5, 5.41) is 14.8. The molecule has 1 aliphatic heterocycles. The predicted octanol–water partition coefficient (Wildman–Crippen LogP) is 3.02. The minimum atomic E-state index is -0.486. The van der Waals surface area contributed by atoms with Gasteiger partial charge in [0.1, 0.15) is 6.10 Å². The number of nitrogens with zero attached hydrogens (tertiary/aromatic N) is 3. The van der Waals surface area contributed by atoms with Crippen LogP contribution in [0.1, 0.15) is 18.6 Å². The van der Waals surface area contributed by atoms with E-state index in [1.54, 1.807) is 23.6 Å². The van der Waals surface area contributed by atoms with Crippen LogP contribution in [0.4, 0.5) is 11.5 Å². The molecule has 2 aromatic rings. The summed E-state index contributed by atoms with van der Waals surface area (Å²) >= 11 is 1.65. The Morgan fingerprint density at radius 1 is 1.43 bits per heavy atom. The monoisotopic (exact) mass is 305 g/mol. The summed E-state index contributed by atoms with van der Waals surface area (Å²) in [6.07, 6.45) is 1.68. The van der Waals surface area contributed by atoms with Gasteiger partial charge in [-0.05, 0) is 45.3 Å². The van der Waals surface area contributed by atoms with Crippen LogP contribution in [-0.4, -0.2) is 29.1 Å². The lowest BCUT2D eigenvalue weighted by molar-refractivity contribution is -0.389. The van der Waals surface area contributed by atoms with Crippen LogP contribution >= 0.6 is 11.3 Å². The first-order valence-electron chi connectivity index (χ1n) is 6.66. The number of ether oxygens (including phenoxy) is 1. The number of nitro groups is 1. The molecule has 3 heterocycles. The lowest BCUT2D eigenvalue weighted by Crippen LogP contribution is -2.42. The summed E-state index contributed by atoms with van der Waals surface area (Å²) in [4.78, 5) is 16.2. The number of anilines is 1. The van der Waals surface area contributed by atoms with Gasteiger partial charge in [0, 0.05) is 19.2 Å². The molecule has 0 amide bonds. The van der Waals surface area contributed by atoms with Gasteiger partial charge in [0.2, 0.25) is 0 Å². The fourth-order valence-corrected chi connectivity index (χ4v) is 3.18. The molecule has 0 aromatic carbocycles. The number of rotatable bonds is 3. The van der Waals surface area contributed by atoms with Gasteiger partial charge in [0.15, 0.2) is 6.20 Å². The molecule has 21 heavy (non-hydrogen) atoms. The fraction of sp³-hybridized carbons (Fsp3) is 0.357. The van der Waals surface area contributed by atoms with Crippen molar-refractivity contribution in [2.75, 3.05) is 18.0 Å². The third kappa shape index (κ3) is 3.03. The smallest absolute Gasteiger partial charge is 0.363 e. The summed E-state index contributed by atoms with van der Waals surface area (Å²) in [5.74, 6) is -0.130. The maximum absolute atomic E-state index is 10.7. The van der Waals surface area contributed by atoms with E-state index in [4.69, 9.17) is 4.74 Å². The van der Waals surface area contributed by atoms with Crippen molar-refractivity contribution in [1.82, 2.24) is 4.98 Å². The highest BCUT2D eigenvalue weighted by atomic mass is 32.1. The second-order valence-corrected chi connectivity index (χ2v) is 5.81. The van der Waals surface area contributed by atoms with E-state index in [9.17, 15) is 10.1 Å². The Kier molecular flexibility index (Phi) is 3.85. The average molecular weight is 305 g/mol. The Hall–Kier alpha value is -1.99. The molecule has 0 N–H and O–H groups in total. The van der Waals surface area contributed by atoms with Crippen molar-refractivity contribution in [2.24, 2.45) is 0 Å². The van der Waals surface area contributed by atoms with Gasteiger partial charge in [0.05, 0.1) is 11.8 Å². The van der Waals surface area contributed by atoms with Crippen LogP contribution in [-0.2, 0) is 4.74 Å². The zero-order valence-corrected chi connectivity index (χ0v) is 12.3. The summed E-state index contributed by atoms with van der Waals surface area (Å²) in [5.41, 5.74) is 2.06. The molecular weight excluding hydrogens is 290 g/mol. The van der Waals surface area contributed by atoms with Crippen LogP contribution < -0.4 is 4.90 Å². The zero-order valence-electron chi connectivity index (χ0n) is 11.5. The second-order valence-electron chi connectivity index (χ2n) is 5.03. The van der Waals surface area contributed by atoms with Crippen LogP contribution in [0.25, 0.3) is 0 Å². The quantitative estimate of drug-likeness (QED) is 0.644. The van der Waals surface area contributed by atoms with Gasteiger partial charge in [-0.25, -0.2) is 0 Å². The number of pyridine rings is 1. The Morgan fingerprint density at radius 2 is 2.29 bits per heavy atom. The highest BCUT2D eigenvalue weighted by molar-refractivity contribution is 7.07. The molecule has 0 saturated carbocycles. The van der Waals surface area contributed by atoms with Crippen LogP contribution in [0.15, 0.2) is 35.2 Å². The molecule has 1 fully saturated rings. The molecule has 1 aliphatic rings. The molecule has 6 nitrogen and oxygen atoms in total. The number of hydrogen-bond donors (Lipinski definition) is 0. The molecule has 2 aromatic heterocycles. The van der Waals surface area contributed by atoms with Crippen LogP contribution in [0, 0.1) is 10.1 Å². The van der Waals surface area contributed by atoms with E-state index in [0.717, 1.165) is 18.8 Å². The molecule has 2 atom stereocenters. The van der Waals surface area contributed by atoms with Crippen LogP contribution in [0.2, 0.25) is 0 Å². The largest absolute Gasteiger partial charge is 0.367 e. The number of thiophene rings is 1. The first-order valence-corrected chi connectivity index (χ1v) is 7.60. The topological polar surface area (TPSA) is 68.5 Å². The van der Waals surface area contributed by atoms with E-state index in [-0.39, 0.29) is 18.0 Å². The third-order valence-corrected chi connectivity index (χ3v) is 4.16. The Labute approximate surface area is 126 Å². The van der Waals surface area contributed by atoms with Crippen molar-refractivity contribution in [3.63, 3.8) is 0 Å². The molecule has 0 spiro atoms. The lowest BCUT2D eigenvalue weighted by Gasteiger charge is -2.37. The fourth-order valence-electron chi connectivity index (χ4n) is 2.48. The van der Waals surface area contributed by atoms with Gasteiger partial charge >= 0.3 is 5.82 Å². The SMILES string of the molecule is C[C@@H]1CN(c2ccc([N+](=O)[O-])nc2)C[C@@H](c2ccsc2)O1. The van der Waals surface area contributed by atoms with Crippen molar-refractivity contribution in [1.29, 1.82) is 0 Å². The molecule has 110 valence electrons. The van der Waals surface area contributed by atoms with Gasteiger partial charge in [-0.1, -0.05) is 0 Å². The minimum Gasteiger partial charge on any atom is -0.367 e. The average Bonchev–Trinajstić information content (AvgIpc) is 3.01. The first kappa shape index (κ1) is 14.0. The molecule has 0 unspecified atom stereocenters. The minimum absolute atomic E-state index is 0.0233. The Morgan fingerprint density at radius 3 is 2.90 bits per heavy atom. The summed E-state index contributed by atoms with van der Waals surface area (Å²) in [6.45, 7) is 3.50. The number of morpholine rings is 1. The van der Waals surface area contributed by atoms with Crippen molar-refractivity contribution in [3.8, 4) is 0 Å². The third-order valence-electron chi connectivity index (χ3n) is 3.46. The van der Waals surface area contributed by atoms with Gasteiger partial charge in [-0.3, -0.25) is 0 Å². The van der Waals surface area contributed by atoms with E-state index in [2.05, 4.69) is 21.3 Å². The lowest BCUT2D eigenvalue weighted by atomic mass is 10.1. The van der Waals surface area contributed by atoms with E-state index < -0.39 is 4.92 Å². The maximum atomic E-state index is 10.7.